The highest BCUT2D eigenvalue weighted by Crippen LogP contribution is 2.31. The van der Waals surface area contributed by atoms with Gasteiger partial charge in [-0.2, -0.15) is 4.98 Å². The van der Waals surface area contributed by atoms with E-state index in [1.807, 2.05) is 67.3 Å². The number of amides is 1. The zero-order chi connectivity index (χ0) is 19.5. The van der Waals surface area contributed by atoms with Crippen LogP contribution in [0, 0.1) is 6.92 Å². The van der Waals surface area contributed by atoms with Gasteiger partial charge in [0.25, 0.3) is 0 Å². The molecule has 2 aromatic carbocycles. The van der Waals surface area contributed by atoms with Gasteiger partial charge in [0.1, 0.15) is 5.75 Å². The van der Waals surface area contributed by atoms with Crippen molar-refractivity contribution in [3.8, 4) is 17.1 Å². The van der Waals surface area contributed by atoms with E-state index < -0.39 is 0 Å². The number of carbonyl (C=O) groups is 1. The first-order chi connectivity index (χ1) is 13.7. The molecule has 0 bridgehead atoms. The van der Waals surface area contributed by atoms with Crippen LogP contribution >= 0.6 is 0 Å². The quantitative estimate of drug-likeness (QED) is 0.650. The smallest absolute Gasteiger partial charge is 0.232 e. The van der Waals surface area contributed by atoms with Crippen LogP contribution in [-0.2, 0) is 11.3 Å². The highest BCUT2D eigenvalue weighted by Gasteiger charge is 2.34. The Labute approximate surface area is 164 Å². The summed E-state index contributed by atoms with van der Waals surface area (Å²) in [4.78, 5) is 19.0. The molecule has 6 heteroatoms. The lowest BCUT2D eigenvalue weighted by molar-refractivity contribution is -0.128. The van der Waals surface area contributed by atoms with Crippen LogP contribution in [0.4, 0.5) is 0 Å². The molecular weight excluding hydrogens is 354 g/mol. The van der Waals surface area contributed by atoms with Gasteiger partial charge in [0, 0.05) is 30.6 Å². The largest absolute Gasteiger partial charge is 0.494 e. The lowest BCUT2D eigenvalue weighted by atomic mass is 10.1. The highest BCUT2D eigenvalue weighted by molar-refractivity contribution is 5.79. The third-order valence-electron chi connectivity index (χ3n) is 5.03. The van der Waals surface area contributed by atoms with E-state index in [0.29, 0.717) is 37.8 Å². The molecule has 0 aliphatic carbocycles. The third kappa shape index (κ3) is 3.63. The molecular formula is C22H23N3O3. The fourth-order valence-electron chi connectivity index (χ4n) is 3.56. The number of aryl methyl sites for hydroxylation is 1. The summed E-state index contributed by atoms with van der Waals surface area (Å²) in [5.41, 5.74) is 3.04. The Hall–Kier alpha value is -3.15. The third-order valence-corrected chi connectivity index (χ3v) is 5.03. The summed E-state index contributed by atoms with van der Waals surface area (Å²) in [6.45, 7) is 5.65. The fourth-order valence-corrected chi connectivity index (χ4v) is 3.56. The van der Waals surface area contributed by atoms with E-state index in [2.05, 4.69) is 10.1 Å². The lowest BCUT2D eigenvalue weighted by Crippen LogP contribution is -2.24. The SMILES string of the molecule is CCOc1ccccc1CN1CC(c2nc(-c3ccccc3C)no2)CC1=O. The standard InChI is InChI=1S/C22H23N3O3/c1-3-27-19-11-7-5-9-16(19)13-25-14-17(12-20(25)26)22-23-21(24-28-22)18-10-6-4-8-15(18)2/h4-11,17H,3,12-14H2,1-2H3. The predicted molar refractivity (Wildman–Crippen MR) is 105 cm³/mol. The second kappa shape index (κ2) is 7.84. The van der Waals surface area contributed by atoms with E-state index in [9.17, 15) is 4.79 Å². The molecule has 3 aromatic rings. The summed E-state index contributed by atoms with van der Waals surface area (Å²) in [5.74, 6) is 1.91. The van der Waals surface area contributed by atoms with Gasteiger partial charge in [0.05, 0.1) is 12.5 Å². The maximum absolute atomic E-state index is 12.6. The van der Waals surface area contributed by atoms with Gasteiger partial charge in [0.15, 0.2) is 0 Å². The Kier molecular flexibility index (Phi) is 5.10. The second-order valence-corrected chi connectivity index (χ2v) is 6.99. The number of rotatable bonds is 6. The van der Waals surface area contributed by atoms with Crippen molar-refractivity contribution in [1.29, 1.82) is 0 Å². The number of benzene rings is 2. The lowest BCUT2D eigenvalue weighted by Gasteiger charge is -2.18. The highest BCUT2D eigenvalue weighted by atomic mass is 16.5. The Balaban J connectivity index is 1.49. The minimum absolute atomic E-state index is 0.0861. The first-order valence-corrected chi connectivity index (χ1v) is 9.53. The van der Waals surface area contributed by atoms with Gasteiger partial charge in [-0.15, -0.1) is 0 Å². The number of para-hydroxylation sites is 1. The number of hydrogen-bond donors (Lipinski definition) is 0. The van der Waals surface area contributed by atoms with Crippen molar-refractivity contribution in [3.63, 3.8) is 0 Å². The first-order valence-electron chi connectivity index (χ1n) is 9.53. The predicted octanol–water partition coefficient (Wildman–Crippen LogP) is 3.96. The van der Waals surface area contributed by atoms with Crippen LogP contribution in [0.5, 0.6) is 5.75 Å². The van der Waals surface area contributed by atoms with Crippen LogP contribution in [0.1, 0.15) is 36.3 Å². The van der Waals surface area contributed by atoms with Gasteiger partial charge in [-0.25, -0.2) is 0 Å². The van der Waals surface area contributed by atoms with E-state index in [-0.39, 0.29) is 11.8 Å². The Bertz CT molecular complexity index is 982. The van der Waals surface area contributed by atoms with Crippen LogP contribution < -0.4 is 4.74 Å². The van der Waals surface area contributed by atoms with E-state index in [4.69, 9.17) is 9.26 Å². The normalized spacial score (nSPS) is 16.6. The molecule has 1 amide bonds. The van der Waals surface area contributed by atoms with Crippen molar-refractivity contribution in [2.45, 2.75) is 32.7 Å². The molecule has 1 fully saturated rings. The summed E-state index contributed by atoms with van der Waals surface area (Å²) in [6, 6.07) is 15.8. The van der Waals surface area contributed by atoms with E-state index >= 15 is 0 Å². The monoisotopic (exact) mass is 377 g/mol. The summed E-state index contributed by atoms with van der Waals surface area (Å²) < 4.78 is 11.2. The van der Waals surface area contributed by atoms with Gasteiger partial charge in [-0.1, -0.05) is 47.6 Å². The zero-order valence-electron chi connectivity index (χ0n) is 16.1. The van der Waals surface area contributed by atoms with Gasteiger partial charge in [0.2, 0.25) is 17.6 Å². The maximum atomic E-state index is 12.6. The minimum Gasteiger partial charge on any atom is -0.494 e. The van der Waals surface area contributed by atoms with Crippen molar-refractivity contribution >= 4 is 5.91 Å². The molecule has 1 saturated heterocycles. The minimum atomic E-state index is -0.0861. The van der Waals surface area contributed by atoms with Crippen LogP contribution in [0.3, 0.4) is 0 Å². The summed E-state index contributed by atoms with van der Waals surface area (Å²) >= 11 is 0. The number of likely N-dealkylation sites (tertiary alicyclic amines) is 1. The molecule has 0 spiro atoms. The maximum Gasteiger partial charge on any atom is 0.232 e. The van der Waals surface area contributed by atoms with Crippen molar-refractivity contribution in [3.05, 3.63) is 65.5 Å². The molecule has 0 saturated carbocycles. The molecule has 1 aromatic heterocycles. The Morgan fingerprint density at radius 3 is 2.79 bits per heavy atom. The first kappa shape index (κ1) is 18.2. The van der Waals surface area contributed by atoms with Crippen molar-refractivity contribution in [1.82, 2.24) is 15.0 Å². The molecule has 1 atom stereocenters. The van der Waals surface area contributed by atoms with Crippen LogP contribution in [0.25, 0.3) is 11.4 Å². The molecule has 144 valence electrons. The van der Waals surface area contributed by atoms with Gasteiger partial charge >= 0.3 is 0 Å². The second-order valence-electron chi connectivity index (χ2n) is 6.99. The van der Waals surface area contributed by atoms with Crippen molar-refractivity contribution in [2.75, 3.05) is 13.2 Å². The number of aromatic nitrogens is 2. The molecule has 1 aliphatic heterocycles. The molecule has 0 N–H and O–H groups in total. The number of hydrogen-bond acceptors (Lipinski definition) is 5. The number of nitrogens with zero attached hydrogens (tertiary/aromatic N) is 3. The van der Waals surface area contributed by atoms with Crippen molar-refractivity contribution < 1.29 is 14.1 Å². The summed E-state index contributed by atoms with van der Waals surface area (Å²) in [6.07, 6.45) is 0.381. The zero-order valence-corrected chi connectivity index (χ0v) is 16.1. The van der Waals surface area contributed by atoms with Gasteiger partial charge < -0.3 is 14.2 Å². The van der Waals surface area contributed by atoms with E-state index in [0.717, 1.165) is 22.4 Å². The van der Waals surface area contributed by atoms with Crippen LogP contribution in [0.2, 0.25) is 0 Å². The Morgan fingerprint density at radius 2 is 1.96 bits per heavy atom. The average molecular weight is 377 g/mol. The number of ether oxygens (including phenoxy) is 1. The average Bonchev–Trinajstić information content (AvgIpc) is 3.31. The summed E-state index contributed by atoms with van der Waals surface area (Å²) in [5, 5.41) is 4.13. The molecule has 6 nitrogen and oxygen atoms in total. The van der Waals surface area contributed by atoms with E-state index in [1.54, 1.807) is 0 Å². The molecule has 0 radical (unpaired) electrons. The molecule has 4 rings (SSSR count). The van der Waals surface area contributed by atoms with Gasteiger partial charge in [-0.05, 0) is 25.5 Å². The van der Waals surface area contributed by atoms with Crippen LogP contribution in [-0.4, -0.2) is 34.1 Å². The Morgan fingerprint density at radius 1 is 1.18 bits per heavy atom. The van der Waals surface area contributed by atoms with Gasteiger partial charge in [-0.3, -0.25) is 4.79 Å². The molecule has 28 heavy (non-hydrogen) atoms. The topological polar surface area (TPSA) is 68.5 Å². The van der Waals surface area contributed by atoms with E-state index in [1.165, 1.54) is 0 Å². The van der Waals surface area contributed by atoms with Crippen LogP contribution in [0.15, 0.2) is 53.1 Å². The molecule has 2 heterocycles. The number of carbonyl (C=O) groups excluding carboxylic acids is 1. The molecule has 1 unspecified atom stereocenters. The fraction of sp³-hybridized carbons (Fsp3) is 0.318. The molecule has 1 aliphatic rings. The summed E-state index contributed by atoms with van der Waals surface area (Å²) in [7, 11) is 0. The van der Waals surface area contributed by atoms with Crippen molar-refractivity contribution in [2.24, 2.45) is 0 Å².